The minimum absolute atomic E-state index is 0.137. The Morgan fingerprint density at radius 1 is 1.19 bits per heavy atom. The van der Waals surface area contributed by atoms with Gasteiger partial charge in [0.15, 0.2) is 5.82 Å². The summed E-state index contributed by atoms with van der Waals surface area (Å²) in [5.74, 6) is 0.601. The molecule has 0 N–H and O–H groups in total. The fourth-order valence-electron chi connectivity index (χ4n) is 1.95. The second-order valence-electron chi connectivity index (χ2n) is 4.30. The summed E-state index contributed by atoms with van der Waals surface area (Å²) >= 11 is 2.90. The summed E-state index contributed by atoms with van der Waals surface area (Å²) in [7, 11) is 0. The van der Waals surface area contributed by atoms with E-state index in [2.05, 4.69) is 15.1 Å². The zero-order valence-corrected chi connectivity index (χ0v) is 12.3. The number of hydrogen-bond donors (Lipinski definition) is 0. The quantitative estimate of drug-likeness (QED) is 0.566. The second-order valence-corrected chi connectivity index (χ2v) is 6.26. The van der Waals surface area contributed by atoms with Crippen molar-refractivity contribution in [2.24, 2.45) is 0 Å². The summed E-state index contributed by atoms with van der Waals surface area (Å²) in [6.45, 7) is 0. The molecule has 4 rings (SSSR count). The molecule has 0 aromatic carbocycles. The maximum absolute atomic E-state index is 12.3. The fourth-order valence-corrected chi connectivity index (χ4v) is 3.52. The van der Waals surface area contributed by atoms with E-state index in [-0.39, 0.29) is 5.56 Å². The molecule has 0 atom stereocenters. The largest absolute Gasteiger partial charge is 0.291 e. The summed E-state index contributed by atoms with van der Waals surface area (Å²) in [6, 6.07) is 7.59. The highest BCUT2D eigenvalue weighted by atomic mass is 32.1. The van der Waals surface area contributed by atoms with Crippen LogP contribution >= 0.6 is 22.7 Å². The van der Waals surface area contributed by atoms with Crippen molar-refractivity contribution in [3.8, 4) is 10.7 Å². The number of rotatable bonds is 2. The van der Waals surface area contributed by atoms with E-state index in [0.717, 1.165) is 10.4 Å². The predicted molar refractivity (Wildman–Crippen MR) is 83.5 cm³/mol. The van der Waals surface area contributed by atoms with Gasteiger partial charge < -0.3 is 0 Å². The van der Waals surface area contributed by atoms with Crippen molar-refractivity contribution >= 4 is 33.7 Å². The van der Waals surface area contributed by atoms with E-state index in [1.807, 2.05) is 35.7 Å². The highest BCUT2D eigenvalue weighted by Gasteiger charge is 2.12. The molecule has 0 saturated heterocycles. The van der Waals surface area contributed by atoms with Gasteiger partial charge in [-0.3, -0.25) is 9.78 Å². The van der Waals surface area contributed by atoms with E-state index < -0.39 is 0 Å². The van der Waals surface area contributed by atoms with E-state index in [9.17, 15) is 4.79 Å². The molecule has 0 amide bonds. The monoisotopic (exact) mass is 312 g/mol. The van der Waals surface area contributed by atoms with E-state index >= 15 is 0 Å². The summed E-state index contributed by atoms with van der Waals surface area (Å²) in [5, 5.41) is 6.26. The number of thiazole rings is 1. The third-order valence-corrected chi connectivity index (χ3v) is 4.75. The first-order chi connectivity index (χ1) is 10.3. The van der Waals surface area contributed by atoms with Gasteiger partial charge >= 0.3 is 0 Å². The number of nitrogens with zero attached hydrogens (tertiary/aromatic N) is 4. The summed E-state index contributed by atoms with van der Waals surface area (Å²) < 4.78 is 1.99. The average Bonchev–Trinajstić information content (AvgIpc) is 3.20. The van der Waals surface area contributed by atoms with Crippen LogP contribution in [0.25, 0.3) is 21.7 Å². The van der Waals surface area contributed by atoms with E-state index in [1.54, 1.807) is 23.7 Å². The summed E-state index contributed by atoms with van der Waals surface area (Å²) in [6.07, 6.45) is 5.22. The maximum atomic E-state index is 12.3. The first-order valence-electron chi connectivity index (χ1n) is 6.16. The van der Waals surface area contributed by atoms with Gasteiger partial charge in [-0.2, -0.15) is 9.50 Å². The topological polar surface area (TPSA) is 60.2 Å². The van der Waals surface area contributed by atoms with Gasteiger partial charge in [-0.1, -0.05) is 17.4 Å². The molecule has 5 nitrogen and oxygen atoms in total. The molecule has 0 saturated carbocycles. The molecule has 4 heterocycles. The first kappa shape index (κ1) is 12.4. The van der Waals surface area contributed by atoms with Crippen LogP contribution in [0.3, 0.4) is 0 Å². The van der Waals surface area contributed by atoms with Crippen molar-refractivity contribution in [3.05, 3.63) is 62.5 Å². The van der Waals surface area contributed by atoms with E-state index in [0.29, 0.717) is 15.3 Å². The minimum atomic E-state index is -0.137. The van der Waals surface area contributed by atoms with Crippen LogP contribution in [0.2, 0.25) is 0 Å². The Morgan fingerprint density at radius 3 is 2.76 bits per heavy atom. The summed E-state index contributed by atoms with van der Waals surface area (Å²) in [4.78, 5) is 22.3. The molecule has 0 aliphatic heterocycles. The third-order valence-electron chi connectivity index (χ3n) is 2.93. The molecule has 0 spiro atoms. The molecule has 21 heavy (non-hydrogen) atoms. The standard InChI is InChI=1S/C14H8N4OS2/c19-13-11(8-9-3-5-15-6-4-9)21-14-16-12(17-18(13)14)10-2-1-7-20-10/h1-8H. The molecule has 0 aliphatic carbocycles. The number of aromatic nitrogens is 4. The molecule has 7 heteroatoms. The van der Waals surface area contributed by atoms with E-state index in [1.165, 1.54) is 15.9 Å². The molecule has 0 unspecified atom stereocenters. The van der Waals surface area contributed by atoms with Crippen molar-refractivity contribution in [2.75, 3.05) is 0 Å². The zero-order valence-electron chi connectivity index (χ0n) is 10.6. The molecule has 4 aromatic rings. The Bertz CT molecular complexity index is 1000. The number of hydrogen-bond acceptors (Lipinski definition) is 6. The van der Waals surface area contributed by atoms with Gasteiger partial charge in [-0.15, -0.1) is 16.4 Å². The van der Waals surface area contributed by atoms with Crippen molar-refractivity contribution in [2.45, 2.75) is 0 Å². The average molecular weight is 312 g/mol. The van der Waals surface area contributed by atoms with Crippen LogP contribution in [0.4, 0.5) is 0 Å². The predicted octanol–water partition coefficient (Wildman–Crippen LogP) is 1.82. The van der Waals surface area contributed by atoms with Crippen molar-refractivity contribution in [3.63, 3.8) is 0 Å². The van der Waals surface area contributed by atoms with Gasteiger partial charge in [0.05, 0.1) is 9.41 Å². The van der Waals surface area contributed by atoms with Crippen molar-refractivity contribution < 1.29 is 0 Å². The molecule has 4 aromatic heterocycles. The third kappa shape index (κ3) is 2.16. The van der Waals surface area contributed by atoms with Crippen LogP contribution in [0, 0.1) is 0 Å². The van der Waals surface area contributed by atoms with Gasteiger partial charge in [0.1, 0.15) is 0 Å². The van der Waals surface area contributed by atoms with Gasteiger partial charge in [-0.05, 0) is 35.2 Å². The highest BCUT2D eigenvalue weighted by Crippen LogP contribution is 2.21. The van der Waals surface area contributed by atoms with Gasteiger partial charge in [0.2, 0.25) is 4.96 Å². The molecular weight excluding hydrogens is 304 g/mol. The lowest BCUT2D eigenvalue weighted by atomic mass is 10.2. The highest BCUT2D eigenvalue weighted by molar-refractivity contribution is 7.15. The lowest BCUT2D eigenvalue weighted by Gasteiger charge is -1.87. The Balaban J connectivity index is 1.87. The van der Waals surface area contributed by atoms with Crippen LogP contribution in [0.1, 0.15) is 5.56 Å². The Morgan fingerprint density at radius 2 is 2.05 bits per heavy atom. The molecule has 0 aliphatic rings. The fraction of sp³-hybridized carbons (Fsp3) is 0. The molecule has 0 fully saturated rings. The Labute approximate surface area is 126 Å². The van der Waals surface area contributed by atoms with Crippen molar-refractivity contribution in [1.29, 1.82) is 0 Å². The zero-order chi connectivity index (χ0) is 14.2. The Hall–Kier alpha value is -2.38. The number of fused-ring (bicyclic) bond motifs is 1. The molecular formula is C14H8N4OS2. The van der Waals surface area contributed by atoms with Crippen LogP contribution in [0.5, 0.6) is 0 Å². The smallest absolute Gasteiger partial charge is 0.266 e. The van der Waals surface area contributed by atoms with Gasteiger partial charge in [-0.25, -0.2) is 0 Å². The number of thiophene rings is 1. The van der Waals surface area contributed by atoms with Crippen LogP contribution in [-0.4, -0.2) is 19.6 Å². The van der Waals surface area contributed by atoms with E-state index in [4.69, 9.17) is 0 Å². The van der Waals surface area contributed by atoms with Crippen molar-refractivity contribution in [1.82, 2.24) is 19.6 Å². The summed E-state index contributed by atoms with van der Waals surface area (Å²) in [5.41, 5.74) is 0.798. The lowest BCUT2D eigenvalue weighted by Crippen LogP contribution is -2.23. The molecule has 102 valence electrons. The lowest BCUT2D eigenvalue weighted by molar-refractivity contribution is 0.938. The van der Waals surface area contributed by atoms with Gasteiger partial charge in [0, 0.05) is 12.4 Å². The normalized spacial score (nSPS) is 12.3. The number of pyridine rings is 1. The van der Waals surface area contributed by atoms with Crippen LogP contribution in [-0.2, 0) is 0 Å². The Kier molecular flexibility index (Phi) is 2.87. The van der Waals surface area contributed by atoms with Gasteiger partial charge in [0.25, 0.3) is 5.56 Å². The van der Waals surface area contributed by atoms with Crippen LogP contribution in [0.15, 0.2) is 46.8 Å². The molecule has 0 radical (unpaired) electrons. The molecule has 0 bridgehead atoms. The van der Waals surface area contributed by atoms with Crippen LogP contribution < -0.4 is 10.1 Å². The first-order valence-corrected chi connectivity index (χ1v) is 7.86. The SMILES string of the molecule is O=c1c(=Cc2ccncc2)sc2nc(-c3cccs3)nn12. The minimum Gasteiger partial charge on any atom is -0.266 e. The second kappa shape index (κ2) is 4.87. The maximum Gasteiger partial charge on any atom is 0.291 e.